The summed E-state index contributed by atoms with van der Waals surface area (Å²) in [5, 5.41) is 12.7. The molecule has 1 amide bonds. The molecule has 4 rings (SSSR count). The van der Waals surface area contributed by atoms with Gasteiger partial charge in [0.15, 0.2) is 5.82 Å². The average Bonchev–Trinajstić information content (AvgIpc) is 3.30. The Morgan fingerprint density at radius 3 is 2.40 bits per heavy atom. The van der Waals surface area contributed by atoms with E-state index in [1.54, 1.807) is 11.8 Å². The smallest absolute Gasteiger partial charge is 0.254 e. The monoisotopic (exact) mass is 405 g/mol. The molecule has 0 spiro atoms. The molecule has 0 saturated heterocycles. The van der Waals surface area contributed by atoms with Crippen LogP contribution in [0.15, 0.2) is 54.6 Å². The van der Waals surface area contributed by atoms with Gasteiger partial charge in [0.05, 0.1) is 12.8 Å². The van der Waals surface area contributed by atoms with E-state index in [4.69, 9.17) is 4.74 Å². The molecule has 0 unspecified atom stereocenters. The van der Waals surface area contributed by atoms with Gasteiger partial charge in [0.2, 0.25) is 0 Å². The van der Waals surface area contributed by atoms with Crippen LogP contribution in [0.1, 0.15) is 48.8 Å². The summed E-state index contributed by atoms with van der Waals surface area (Å²) >= 11 is 0. The minimum Gasteiger partial charge on any atom is -0.497 e. The molecule has 0 N–H and O–H groups in total. The number of nitrogens with zero attached hydrogens (tertiary/aromatic N) is 5. The van der Waals surface area contributed by atoms with Crippen LogP contribution in [0, 0.1) is 5.92 Å². The highest BCUT2D eigenvalue weighted by Gasteiger charge is 2.46. The summed E-state index contributed by atoms with van der Waals surface area (Å²) in [6.45, 7) is 2.26. The fraction of sp³-hybridized carbons (Fsp3) is 0.391. The number of ether oxygens (including phenoxy) is 1. The molecule has 30 heavy (non-hydrogen) atoms. The molecule has 0 aliphatic heterocycles. The maximum absolute atomic E-state index is 13.4. The van der Waals surface area contributed by atoms with Gasteiger partial charge in [-0.15, -0.1) is 5.10 Å². The van der Waals surface area contributed by atoms with E-state index in [0.717, 1.165) is 37.1 Å². The molecule has 1 fully saturated rings. The van der Waals surface area contributed by atoms with Crippen LogP contribution in [0.25, 0.3) is 5.69 Å². The van der Waals surface area contributed by atoms with Crippen molar-refractivity contribution in [2.75, 3.05) is 14.2 Å². The molecule has 1 saturated carbocycles. The Bertz CT molecular complexity index is 992. The van der Waals surface area contributed by atoms with E-state index in [1.807, 2.05) is 66.5 Å². The summed E-state index contributed by atoms with van der Waals surface area (Å²) in [5.74, 6) is 2.07. The summed E-state index contributed by atoms with van der Waals surface area (Å²) in [6, 6.07) is 17.0. The van der Waals surface area contributed by atoms with Gasteiger partial charge < -0.3 is 9.64 Å². The van der Waals surface area contributed by atoms with Crippen molar-refractivity contribution in [1.29, 1.82) is 0 Å². The van der Waals surface area contributed by atoms with Crippen LogP contribution in [0.5, 0.6) is 5.75 Å². The number of methoxy groups -OCH3 is 1. The third-order valence-corrected chi connectivity index (χ3v) is 6.27. The second-order valence-electron chi connectivity index (χ2n) is 8.06. The molecule has 3 aromatic rings. The molecule has 2 aromatic carbocycles. The second-order valence-corrected chi connectivity index (χ2v) is 8.06. The van der Waals surface area contributed by atoms with Crippen LogP contribution in [-0.4, -0.2) is 45.2 Å². The van der Waals surface area contributed by atoms with E-state index in [1.165, 1.54) is 0 Å². The van der Waals surface area contributed by atoms with Crippen molar-refractivity contribution in [3.05, 3.63) is 66.0 Å². The number of amides is 1. The summed E-state index contributed by atoms with van der Waals surface area (Å²) in [7, 11) is 3.51. The third-order valence-electron chi connectivity index (χ3n) is 6.27. The Morgan fingerprint density at radius 2 is 1.77 bits per heavy atom. The Balaban J connectivity index is 1.77. The molecule has 1 heterocycles. The van der Waals surface area contributed by atoms with Crippen molar-refractivity contribution in [3.8, 4) is 11.4 Å². The highest BCUT2D eigenvalue weighted by Crippen LogP contribution is 2.43. The van der Waals surface area contributed by atoms with Crippen molar-refractivity contribution in [1.82, 2.24) is 25.1 Å². The van der Waals surface area contributed by atoms with Crippen LogP contribution in [0.3, 0.4) is 0 Å². The Morgan fingerprint density at radius 1 is 1.10 bits per heavy atom. The molecule has 1 aliphatic carbocycles. The lowest BCUT2D eigenvalue weighted by atomic mass is 9.75. The zero-order valence-electron chi connectivity index (χ0n) is 17.7. The molecular weight excluding hydrogens is 378 g/mol. The standard InChI is InChI=1S/C23H27N5O2/c1-17-13-15-23(16-14-17,27(2)21(29)18-7-5-4-6-8-18)22-24-25-26-28(22)19-9-11-20(30-3)12-10-19/h4-12,17H,13-16H2,1-3H3. The van der Waals surface area contributed by atoms with Gasteiger partial charge in [-0.2, -0.15) is 4.68 Å². The largest absolute Gasteiger partial charge is 0.497 e. The normalized spacial score (nSPS) is 21.2. The van der Waals surface area contributed by atoms with Gasteiger partial charge in [0, 0.05) is 12.6 Å². The fourth-order valence-corrected chi connectivity index (χ4v) is 4.29. The van der Waals surface area contributed by atoms with Gasteiger partial charge in [-0.1, -0.05) is 25.1 Å². The number of carbonyl (C=O) groups excluding carboxylic acids is 1. The first-order valence-corrected chi connectivity index (χ1v) is 10.3. The highest BCUT2D eigenvalue weighted by atomic mass is 16.5. The Hall–Kier alpha value is -3.22. The number of tetrazole rings is 1. The fourth-order valence-electron chi connectivity index (χ4n) is 4.29. The summed E-state index contributed by atoms with van der Waals surface area (Å²) in [5.41, 5.74) is 0.943. The molecule has 1 aromatic heterocycles. The summed E-state index contributed by atoms with van der Waals surface area (Å²) in [4.78, 5) is 15.2. The van der Waals surface area contributed by atoms with Gasteiger partial charge in [0.25, 0.3) is 5.91 Å². The van der Waals surface area contributed by atoms with E-state index in [2.05, 4.69) is 22.4 Å². The number of hydrogen-bond donors (Lipinski definition) is 0. The van der Waals surface area contributed by atoms with Gasteiger partial charge in [-0.3, -0.25) is 4.79 Å². The van der Waals surface area contributed by atoms with Gasteiger partial charge in [-0.05, 0) is 78.4 Å². The number of aromatic nitrogens is 4. The maximum Gasteiger partial charge on any atom is 0.254 e. The second kappa shape index (κ2) is 8.26. The number of rotatable bonds is 5. The van der Waals surface area contributed by atoms with Gasteiger partial charge in [0.1, 0.15) is 11.3 Å². The van der Waals surface area contributed by atoms with E-state index in [-0.39, 0.29) is 5.91 Å². The van der Waals surface area contributed by atoms with Gasteiger partial charge >= 0.3 is 0 Å². The van der Waals surface area contributed by atoms with Crippen molar-refractivity contribution in [3.63, 3.8) is 0 Å². The summed E-state index contributed by atoms with van der Waals surface area (Å²) in [6.07, 6.45) is 3.67. The topological polar surface area (TPSA) is 73.1 Å². The molecule has 0 atom stereocenters. The Labute approximate surface area is 176 Å². The van der Waals surface area contributed by atoms with Crippen molar-refractivity contribution >= 4 is 5.91 Å². The zero-order chi connectivity index (χ0) is 21.1. The number of benzene rings is 2. The van der Waals surface area contributed by atoms with Gasteiger partial charge in [-0.25, -0.2) is 0 Å². The van der Waals surface area contributed by atoms with Crippen LogP contribution in [0.2, 0.25) is 0 Å². The van der Waals surface area contributed by atoms with E-state index in [0.29, 0.717) is 17.3 Å². The molecular formula is C23H27N5O2. The third kappa shape index (κ3) is 3.56. The highest BCUT2D eigenvalue weighted by molar-refractivity contribution is 5.94. The molecule has 7 heteroatoms. The first-order valence-electron chi connectivity index (χ1n) is 10.3. The van der Waals surface area contributed by atoms with Crippen molar-refractivity contribution in [2.45, 2.75) is 38.1 Å². The molecule has 0 bridgehead atoms. The predicted octanol–water partition coefficient (Wildman–Crippen LogP) is 3.85. The van der Waals surface area contributed by atoms with Crippen LogP contribution in [-0.2, 0) is 5.54 Å². The summed E-state index contributed by atoms with van der Waals surface area (Å²) < 4.78 is 7.02. The zero-order valence-corrected chi connectivity index (χ0v) is 17.7. The number of carbonyl (C=O) groups is 1. The van der Waals surface area contributed by atoms with Crippen molar-refractivity contribution in [2.24, 2.45) is 5.92 Å². The first-order chi connectivity index (χ1) is 14.5. The SMILES string of the molecule is COc1ccc(-n2nnnc2C2(N(C)C(=O)c3ccccc3)CCC(C)CC2)cc1. The van der Waals surface area contributed by atoms with Crippen LogP contribution >= 0.6 is 0 Å². The van der Waals surface area contributed by atoms with E-state index in [9.17, 15) is 4.79 Å². The maximum atomic E-state index is 13.4. The quantitative estimate of drug-likeness (QED) is 0.645. The lowest BCUT2D eigenvalue weighted by molar-refractivity contribution is 0.0328. The minimum atomic E-state index is -0.567. The van der Waals surface area contributed by atoms with Crippen LogP contribution in [0.4, 0.5) is 0 Å². The first kappa shape index (κ1) is 20.1. The average molecular weight is 406 g/mol. The molecule has 7 nitrogen and oxygen atoms in total. The minimum absolute atomic E-state index is 0.0190. The van der Waals surface area contributed by atoms with Crippen molar-refractivity contribution < 1.29 is 9.53 Å². The van der Waals surface area contributed by atoms with E-state index >= 15 is 0 Å². The lowest BCUT2D eigenvalue weighted by Gasteiger charge is -2.44. The molecule has 156 valence electrons. The number of hydrogen-bond acceptors (Lipinski definition) is 5. The van der Waals surface area contributed by atoms with Crippen LogP contribution < -0.4 is 4.74 Å². The van der Waals surface area contributed by atoms with E-state index < -0.39 is 5.54 Å². The predicted molar refractivity (Wildman–Crippen MR) is 114 cm³/mol. The lowest BCUT2D eigenvalue weighted by Crippen LogP contribution is -2.50. The molecule has 1 aliphatic rings. The molecule has 0 radical (unpaired) electrons. The Kier molecular flexibility index (Phi) is 5.53.